The summed E-state index contributed by atoms with van der Waals surface area (Å²) in [6, 6.07) is -1.71. The van der Waals surface area contributed by atoms with Gasteiger partial charge in [-0.3, -0.25) is 54.5 Å². The molecule has 308 valence electrons. The smallest absolute Gasteiger partial charge is 0.326 e. The SMILES string of the molecule is C[C@]12C=CC(=O)C=C1CCC1C3CC[C@](OC(=O)CCCON(O)O)(C(=O)COC(=O)CC(NC(=O)CCCCCON(O)O)C(=O)O)[C@@]3(C)C[C@H](O)[C@@]12F. The number of alkyl halides is 1. The predicted octanol–water partition coefficient (Wildman–Crippen LogP) is 2.08. The van der Waals surface area contributed by atoms with Gasteiger partial charge in [-0.15, -0.1) is 0 Å². The van der Waals surface area contributed by atoms with Crippen LogP contribution in [0.4, 0.5) is 4.39 Å². The maximum absolute atomic E-state index is 17.7. The van der Waals surface area contributed by atoms with Gasteiger partial charge in [0, 0.05) is 29.6 Å². The third kappa shape index (κ3) is 9.29. The molecule has 4 rings (SSSR count). The van der Waals surface area contributed by atoms with E-state index in [-0.39, 0.29) is 63.9 Å². The van der Waals surface area contributed by atoms with E-state index in [4.69, 9.17) is 30.3 Å². The number of hydrogen-bond donors (Lipinski definition) is 7. The van der Waals surface area contributed by atoms with Crippen molar-refractivity contribution in [1.82, 2.24) is 16.1 Å². The second-order valence-corrected chi connectivity index (χ2v) is 14.9. The summed E-state index contributed by atoms with van der Waals surface area (Å²) >= 11 is 0. The van der Waals surface area contributed by atoms with E-state index in [0.29, 0.717) is 31.3 Å². The van der Waals surface area contributed by atoms with E-state index >= 15 is 4.39 Å². The van der Waals surface area contributed by atoms with Crippen LogP contribution in [0, 0.1) is 22.7 Å². The van der Waals surface area contributed by atoms with Crippen molar-refractivity contribution in [1.29, 1.82) is 0 Å². The fraction of sp³-hybridized carbons (Fsp3) is 0.714. The molecular formula is C35H50FN3O16. The van der Waals surface area contributed by atoms with Crippen LogP contribution in [0.1, 0.15) is 90.9 Å². The van der Waals surface area contributed by atoms with Crippen molar-refractivity contribution in [2.75, 3.05) is 19.8 Å². The van der Waals surface area contributed by atoms with Crippen molar-refractivity contribution in [3.63, 3.8) is 0 Å². The zero-order chi connectivity index (χ0) is 40.8. The molecule has 0 bridgehead atoms. The first-order valence-corrected chi connectivity index (χ1v) is 18.2. The van der Waals surface area contributed by atoms with Crippen molar-refractivity contribution < 1.29 is 83.3 Å². The van der Waals surface area contributed by atoms with Crippen LogP contribution in [0.25, 0.3) is 0 Å². The van der Waals surface area contributed by atoms with Crippen LogP contribution in [0.3, 0.4) is 0 Å². The third-order valence-corrected chi connectivity index (χ3v) is 11.9. The third-order valence-electron chi connectivity index (χ3n) is 11.9. The summed E-state index contributed by atoms with van der Waals surface area (Å²) in [5.74, 6) is -6.96. The topological polar surface area (TPSA) is 279 Å². The standard InChI is InChI=1S/C35H50FN3O16/c1-32-13-11-22(40)17-21(32)9-10-24-23-12-14-34(33(23,2)19-26(41)35(24,32)36,55-29(44)8-6-16-54-39(50)51)27(42)20-52-30(45)18-25(31(46)47)37-28(43)7-4-3-5-15-53-38(48)49/h11,13,17,23-26,41,48-51H,3-10,12,14-16,18-20H2,1-2H3,(H,37,43)(H,46,47)/t23?,24?,25?,26-,32-,33-,34-,35-/m0/s1. The van der Waals surface area contributed by atoms with Crippen molar-refractivity contribution >= 4 is 35.4 Å². The number of fused-ring (bicyclic) bond motifs is 5. The molecule has 0 heterocycles. The number of nitrogens with one attached hydrogen (secondary N) is 1. The maximum atomic E-state index is 17.7. The Bertz CT molecular complexity index is 1540. The van der Waals surface area contributed by atoms with Gasteiger partial charge in [-0.1, -0.05) is 25.0 Å². The highest BCUT2D eigenvalue weighted by atomic mass is 19.1. The van der Waals surface area contributed by atoms with Crippen molar-refractivity contribution in [3.8, 4) is 0 Å². The van der Waals surface area contributed by atoms with Gasteiger partial charge >= 0.3 is 17.9 Å². The van der Waals surface area contributed by atoms with Gasteiger partial charge in [0.05, 0.1) is 36.5 Å². The number of ketones is 2. The number of aliphatic carboxylic acids is 1. The summed E-state index contributed by atoms with van der Waals surface area (Å²) in [4.78, 5) is 85.8. The van der Waals surface area contributed by atoms with E-state index in [2.05, 4.69) is 15.0 Å². The lowest BCUT2D eigenvalue weighted by atomic mass is 9.44. The van der Waals surface area contributed by atoms with E-state index in [9.17, 15) is 39.0 Å². The predicted molar refractivity (Wildman–Crippen MR) is 178 cm³/mol. The van der Waals surface area contributed by atoms with Crippen LogP contribution in [-0.4, -0.2) is 120 Å². The number of amides is 1. The number of halogens is 1. The Morgan fingerprint density at radius 2 is 1.62 bits per heavy atom. The number of hydrogen-bond acceptors (Lipinski definition) is 17. The monoisotopic (exact) mass is 787 g/mol. The Morgan fingerprint density at radius 1 is 0.945 bits per heavy atom. The average Bonchev–Trinajstić information content (AvgIpc) is 3.39. The van der Waals surface area contributed by atoms with Crippen molar-refractivity contribution in [3.05, 3.63) is 23.8 Å². The molecule has 8 atom stereocenters. The summed E-state index contributed by atoms with van der Waals surface area (Å²) in [7, 11) is 0. The van der Waals surface area contributed by atoms with Gasteiger partial charge in [-0.25, -0.2) is 9.18 Å². The number of carbonyl (C=O) groups is 6. The molecule has 0 radical (unpaired) electrons. The molecule has 1 amide bonds. The number of aliphatic hydroxyl groups is 1. The molecule has 0 aromatic carbocycles. The molecule has 20 heteroatoms. The van der Waals surface area contributed by atoms with Crippen LogP contribution in [0.15, 0.2) is 23.8 Å². The van der Waals surface area contributed by atoms with E-state index in [1.54, 1.807) is 13.8 Å². The van der Waals surface area contributed by atoms with Crippen LogP contribution >= 0.6 is 0 Å². The lowest BCUT2D eigenvalue weighted by Crippen LogP contribution is -2.69. The average molecular weight is 788 g/mol. The first-order valence-electron chi connectivity index (χ1n) is 18.2. The number of ether oxygens (including phenoxy) is 2. The van der Waals surface area contributed by atoms with E-state index in [1.807, 2.05) is 0 Å². The number of esters is 2. The molecule has 3 saturated carbocycles. The van der Waals surface area contributed by atoms with Gasteiger partial charge < -0.3 is 25.0 Å². The van der Waals surface area contributed by atoms with Crippen molar-refractivity contribution in [2.24, 2.45) is 22.7 Å². The maximum Gasteiger partial charge on any atom is 0.326 e. The Kier molecular flexibility index (Phi) is 14.4. The summed E-state index contributed by atoms with van der Waals surface area (Å²) in [5, 5.41) is 57.2. The van der Waals surface area contributed by atoms with E-state index in [0.717, 1.165) is 0 Å². The van der Waals surface area contributed by atoms with Gasteiger partial charge in [0.25, 0.3) is 0 Å². The molecule has 4 aliphatic rings. The summed E-state index contributed by atoms with van der Waals surface area (Å²) in [6.07, 6.45) is 2.38. The number of aliphatic hydroxyl groups excluding tert-OH is 1. The largest absolute Gasteiger partial charge is 0.480 e. The Morgan fingerprint density at radius 3 is 2.27 bits per heavy atom. The summed E-state index contributed by atoms with van der Waals surface area (Å²) in [5.41, 5.74) is -6.45. The highest BCUT2D eigenvalue weighted by Gasteiger charge is 2.75. The van der Waals surface area contributed by atoms with Gasteiger partial charge in [-0.2, -0.15) is 0 Å². The minimum Gasteiger partial charge on any atom is -0.480 e. The molecule has 0 saturated heterocycles. The normalized spacial score (nSPS) is 31.6. The summed E-state index contributed by atoms with van der Waals surface area (Å²) < 4.78 is 28.8. The molecule has 3 fully saturated rings. The second kappa shape index (κ2) is 18.0. The highest BCUT2D eigenvalue weighted by molar-refractivity contribution is 6.01. The highest BCUT2D eigenvalue weighted by Crippen LogP contribution is 2.70. The number of nitrogens with zero attached hydrogens (tertiary/aromatic N) is 2. The van der Waals surface area contributed by atoms with Gasteiger partial charge in [-0.05, 0) is 76.4 Å². The quantitative estimate of drug-likeness (QED) is 0.0528. The number of carbonyl (C=O) groups excluding carboxylic acids is 5. The Balaban J connectivity index is 1.49. The van der Waals surface area contributed by atoms with Crippen LogP contribution < -0.4 is 5.32 Å². The molecule has 7 N–H and O–H groups in total. The van der Waals surface area contributed by atoms with E-state index < -0.39 is 99.5 Å². The zero-order valence-electron chi connectivity index (χ0n) is 30.7. The van der Waals surface area contributed by atoms with Gasteiger partial charge in [0.1, 0.15) is 6.04 Å². The minimum absolute atomic E-state index is 0.0449. The van der Waals surface area contributed by atoms with Gasteiger partial charge in [0.2, 0.25) is 11.7 Å². The first kappa shape index (κ1) is 44.0. The zero-order valence-corrected chi connectivity index (χ0v) is 30.7. The molecule has 0 aromatic heterocycles. The number of rotatable bonds is 20. The second-order valence-electron chi connectivity index (χ2n) is 14.9. The first-order chi connectivity index (χ1) is 25.8. The molecule has 4 aliphatic carbocycles. The number of unbranched alkanes of at least 4 members (excludes halogenated alkanes) is 2. The fourth-order valence-corrected chi connectivity index (χ4v) is 9.15. The van der Waals surface area contributed by atoms with Crippen LogP contribution in [0.5, 0.6) is 0 Å². The Labute approximate surface area is 315 Å². The van der Waals surface area contributed by atoms with Gasteiger partial charge in [0.15, 0.2) is 23.7 Å². The molecule has 0 spiro atoms. The molecule has 3 unspecified atom stereocenters. The van der Waals surface area contributed by atoms with Crippen molar-refractivity contribution in [2.45, 2.75) is 114 Å². The molecule has 0 aliphatic heterocycles. The van der Waals surface area contributed by atoms with Crippen LogP contribution in [-0.2, 0) is 47.9 Å². The molecule has 0 aromatic rings. The molecule has 55 heavy (non-hydrogen) atoms. The molecule has 19 nitrogen and oxygen atoms in total. The number of carboxylic acids is 1. The summed E-state index contributed by atoms with van der Waals surface area (Å²) in [6.45, 7) is 1.89. The molecular weight excluding hydrogens is 737 g/mol. The fourth-order valence-electron chi connectivity index (χ4n) is 9.15. The number of Topliss-reactive ketones (excluding diaryl/α,β-unsaturated/α-hetero) is 1. The minimum atomic E-state index is -2.25. The van der Waals surface area contributed by atoms with E-state index in [1.165, 1.54) is 18.2 Å². The number of allylic oxidation sites excluding steroid dienone is 4. The lowest BCUT2D eigenvalue weighted by molar-refractivity contribution is -0.492. The Hall–Kier alpha value is -3.73. The lowest BCUT2D eigenvalue weighted by Gasteiger charge is -2.62. The van der Waals surface area contributed by atoms with Crippen LogP contribution in [0.2, 0.25) is 0 Å². The number of carboxylic acid groups (broad SMARTS) is 1.